The van der Waals surface area contributed by atoms with Crippen LogP contribution in [0.3, 0.4) is 0 Å². The van der Waals surface area contributed by atoms with Crippen molar-refractivity contribution in [1.29, 1.82) is 0 Å². The maximum Gasteiger partial charge on any atom is 0.0120 e. The fourth-order valence-electron chi connectivity index (χ4n) is 2.73. The number of rotatable bonds is 6. The third-order valence-corrected chi connectivity index (χ3v) is 4.15. The van der Waals surface area contributed by atoms with E-state index in [0.29, 0.717) is 0 Å². The molecule has 3 atom stereocenters. The van der Waals surface area contributed by atoms with Crippen molar-refractivity contribution < 1.29 is 0 Å². The van der Waals surface area contributed by atoms with Gasteiger partial charge in [0.1, 0.15) is 0 Å². The summed E-state index contributed by atoms with van der Waals surface area (Å²) in [5.41, 5.74) is 0. The molecule has 0 saturated carbocycles. The van der Waals surface area contributed by atoms with Crippen LogP contribution >= 0.6 is 0 Å². The number of nitrogens with one attached hydrogen (secondary N) is 1. The van der Waals surface area contributed by atoms with Crippen LogP contribution in [0, 0.1) is 5.92 Å². The number of nitrogens with zero attached hydrogens (tertiary/aromatic N) is 1. The van der Waals surface area contributed by atoms with Crippen LogP contribution in [0.15, 0.2) is 0 Å². The van der Waals surface area contributed by atoms with Gasteiger partial charge in [-0.05, 0) is 51.7 Å². The molecular formula is C14H30N2. The highest BCUT2D eigenvalue weighted by Crippen LogP contribution is 2.23. The SMILES string of the molecule is CCCCN1CCC(NCCC)C(C)C1C. The Labute approximate surface area is 102 Å². The number of hydrogen-bond acceptors (Lipinski definition) is 2. The van der Waals surface area contributed by atoms with Crippen LogP contribution in [0.4, 0.5) is 0 Å². The van der Waals surface area contributed by atoms with Gasteiger partial charge in [0.2, 0.25) is 0 Å². The van der Waals surface area contributed by atoms with E-state index in [1.807, 2.05) is 0 Å². The molecule has 1 fully saturated rings. The zero-order valence-electron chi connectivity index (χ0n) is 11.6. The Bertz CT molecular complexity index is 162. The van der Waals surface area contributed by atoms with Crippen LogP contribution in [0.5, 0.6) is 0 Å². The smallest absolute Gasteiger partial charge is 0.0120 e. The van der Waals surface area contributed by atoms with E-state index in [-0.39, 0.29) is 0 Å². The molecule has 0 aliphatic carbocycles. The third-order valence-electron chi connectivity index (χ3n) is 4.15. The quantitative estimate of drug-likeness (QED) is 0.749. The Morgan fingerprint density at radius 3 is 2.56 bits per heavy atom. The summed E-state index contributed by atoms with van der Waals surface area (Å²) in [6, 6.07) is 1.49. The van der Waals surface area contributed by atoms with E-state index in [1.165, 1.54) is 45.3 Å². The van der Waals surface area contributed by atoms with Gasteiger partial charge in [-0.2, -0.15) is 0 Å². The summed E-state index contributed by atoms with van der Waals surface area (Å²) in [6.45, 7) is 13.1. The average molecular weight is 226 g/mol. The Kier molecular flexibility index (Phi) is 6.37. The first-order valence-electron chi connectivity index (χ1n) is 7.18. The second kappa shape index (κ2) is 7.29. The van der Waals surface area contributed by atoms with Crippen LogP contribution in [-0.2, 0) is 0 Å². The predicted octanol–water partition coefficient (Wildman–Crippen LogP) is 2.89. The van der Waals surface area contributed by atoms with Crippen molar-refractivity contribution in [2.24, 2.45) is 5.92 Å². The molecule has 0 amide bonds. The second-order valence-electron chi connectivity index (χ2n) is 5.34. The first-order valence-corrected chi connectivity index (χ1v) is 7.18. The molecule has 96 valence electrons. The molecule has 1 saturated heterocycles. The van der Waals surface area contributed by atoms with E-state index in [4.69, 9.17) is 0 Å². The normalized spacial score (nSPS) is 31.9. The minimum absolute atomic E-state index is 0.743. The van der Waals surface area contributed by atoms with Crippen LogP contribution in [-0.4, -0.2) is 36.6 Å². The zero-order chi connectivity index (χ0) is 12.0. The van der Waals surface area contributed by atoms with Crippen molar-refractivity contribution in [3.05, 3.63) is 0 Å². The molecule has 2 heteroatoms. The van der Waals surface area contributed by atoms with Crippen molar-refractivity contribution in [2.75, 3.05) is 19.6 Å². The summed E-state index contributed by atoms with van der Waals surface area (Å²) < 4.78 is 0. The summed E-state index contributed by atoms with van der Waals surface area (Å²) in [4.78, 5) is 2.68. The van der Waals surface area contributed by atoms with Gasteiger partial charge in [-0.15, -0.1) is 0 Å². The molecule has 1 rings (SSSR count). The third kappa shape index (κ3) is 3.74. The van der Waals surface area contributed by atoms with Crippen molar-refractivity contribution in [3.63, 3.8) is 0 Å². The van der Waals surface area contributed by atoms with Crippen molar-refractivity contribution in [3.8, 4) is 0 Å². The van der Waals surface area contributed by atoms with Crippen molar-refractivity contribution >= 4 is 0 Å². The first-order chi connectivity index (χ1) is 7.70. The highest BCUT2D eigenvalue weighted by atomic mass is 15.2. The maximum absolute atomic E-state index is 3.70. The fraction of sp³-hybridized carbons (Fsp3) is 1.00. The van der Waals surface area contributed by atoms with Gasteiger partial charge >= 0.3 is 0 Å². The van der Waals surface area contributed by atoms with Gasteiger partial charge < -0.3 is 10.2 Å². The molecule has 0 aromatic carbocycles. The Balaban J connectivity index is 2.38. The monoisotopic (exact) mass is 226 g/mol. The van der Waals surface area contributed by atoms with Gasteiger partial charge in [0.05, 0.1) is 0 Å². The van der Waals surface area contributed by atoms with Crippen LogP contribution in [0.1, 0.15) is 53.4 Å². The van der Waals surface area contributed by atoms with Crippen LogP contribution in [0.25, 0.3) is 0 Å². The number of likely N-dealkylation sites (tertiary alicyclic amines) is 1. The van der Waals surface area contributed by atoms with E-state index < -0.39 is 0 Å². The molecule has 0 aromatic heterocycles. The average Bonchev–Trinajstić information content (AvgIpc) is 2.30. The topological polar surface area (TPSA) is 15.3 Å². The number of hydrogen-bond donors (Lipinski definition) is 1. The van der Waals surface area contributed by atoms with Gasteiger partial charge in [-0.25, -0.2) is 0 Å². The van der Waals surface area contributed by atoms with Crippen molar-refractivity contribution in [1.82, 2.24) is 10.2 Å². The number of piperidine rings is 1. The van der Waals surface area contributed by atoms with Gasteiger partial charge in [0.15, 0.2) is 0 Å². The Morgan fingerprint density at radius 2 is 1.94 bits per heavy atom. The van der Waals surface area contributed by atoms with Crippen LogP contribution < -0.4 is 5.32 Å². The lowest BCUT2D eigenvalue weighted by Crippen LogP contribution is -2.53. The van der Waals surface area contributed by atoms with Gasteiger partial charge in [-0.3, -0.25) is 0 Å². The van der Waals surface area contributed by atoms with E-state index in [9.17, 15) is 0 Å². The molecule has 1 aliphatic rings. The predicted molar refractivity (Wildman–Crippen MR) is 71.8 cm³/mol. The lowest BCUT2D eigenvalue weighted by Gasteiger charge is -2.43. The highest BCUT2D eigenvalue weighted by molar-refractivity contribution is 4.88. The summed E-state index contributed by atoms with van der Waals surface area (Å²) in [5, 5.41) is 3.70. The van der Waals surface area contributed by atoms with Gasteiger partial charge in [-0.1, -0.05) is 27.2 Å². The molecule has 2 nitrogen and oxygen atoms in total. The largest absolute Gasteiger partial charge is 0.314 e. The molecule has 0 aromatic rings. The lowest BCUT2D eigenvalue weighted by molar-refractivity contribution is 0.0838. The summed E-state index contributed by atoms with van der Waals surface area (Å²) in [7, 11) is 0. The Morgan fingerprint density at radius 1 is 1.19 bits per heavy atom. The molecule has 0 spiro atoms. The van der Waals surface area contributed by atoms with Gasteiger partial charge in [0, 0.05) is 12.1 Å². The standard InChI is InChI=1S/C14H30N2/c1-5-7-10-16-11-8-14(15-9-6-2)12(3)13(16)4/h12-15H,5-11H2,1-4H3. The molecule has 1 aliphatic heterocycles. The maximum atomic E-state index is 3.70. The van der Waals surface area contributed by atoms with Gasteiger partial charge in [0.25, 0.3) is 0 Å². The van der Waals surface area contributed by atoms with E-state index in [0.717, 1.165) is 18.0 Å². The molecule has 1 N–H and O–H groups in total. The molecule has 0 radical (unpaired) electrons. The number of unbranched alkanes of at least 4 members (excludes halogenated alkanes) is 1. The fourth-order valence-corrected chi connectivity index (χ4v) is 2.73. The molecule has 1 heterocycles. The summed E-state index contributed by atoms with van der Waals surface area (Å²) in [6.07, 6.45) is 5.24. The molecule has 3 unspecified atom stereocenters. The highest BCUT2D eigenvalue weighted by Gasteiger charge is 2.31. The molecular weight excluding hydrogens is 196 g/mol. The molecule has 0 bridgehead atoms. The van der Waals surface area contributed by atoms with E-state index in [2.05, 4.69) is 37.9 Å². The zero-order valence-corrected chi connectivity index (χ0v) is 11.6. The second-order valence-corrected chi connectivity index (χ2v) is 5.34. The van der Waals surface area contributed by atoms with E-state index in [1.54, 1.807) is 0 Å². The first kappa shape index (κ1) is 14.0. The summed E-state index contributed by atoms with van der Waals surface area (Å²) in [5.74, 6) is 0.789. The van der Waals surface area contributed by atoms with Crippen molar-refractivity contribution in [2.45, 2.75) is 65.5 Å². The minimum atomic E-state index is 0.743. The van der Waals surface area contributed by atoms with Crippen LogP contribution in [0.2, 0.25) is 0 Å². The summed E-state index contributed by atoms with van der Waals surface area (Å²) >= 11 is 0. The Hall–Kier alpha value is -0.0800. The molecule has 16 heavy (non-hydrogen) atoms. The minimum Gasteiger partial charge on any atom is -0.314 e. The lowest BCUT2D eigenvalue weighted by atomic mass is 9.87. The van der Waals surface area contributed by atoms with E-state index >= 15 is 0 Å².